The maximum atomic E-state index is 8.24. The molecule has 0 fully saturated rings. The van der Waals surface area contributed by atoms with Gasteiger partial charge in [-0.05, 0) is 19.3 Å². The first-order valence-corrected chi connectivity index (χ1v) is 6.32. The summed E-state index contributed by atoms with van der Waals surface area (Å²) >= 11 is 0. The zero-order chi connectivity index (χ0) is 12.5. The molecule has 0 aromatic heterocycles. The molecule has 0 saturated carbocycles. The van der Waals surface area contributed by atoms with E-state index in [2.05, 4.69) is 27.7 Å². The van der Waals surface area contributed by atoms with E-state index in [1.54, 1.807) is 6.92 Å². The molecule has 0 aromatic carbocycles. The number of hydrogen-bond donors (Lipinski definition) is 3. The first-order valence-electron chi connectivity index (χ1n) is 6.32. The van der Waals surface area contributed by atoms with Crippen LogP contribution in [0.4, 0.5) is 0 Å². The SMILES string of the molecule is CC(C)CCO.CCCCCC.CCO.N. The van der Waals surface area contributed by atoms with Crippen LogP contribution < -0.4 is 6.15 Å². The molecule has 0 aromatic rings. The Hall–Kier alpha value is -0.120. The Morgan fingerprint density at radius 2 is 1.19 bits per heavy atom. The normalized spacial score (nSPS) is 8.25. The molecular formula is C13H35NO2. The molecule has 0 aliphatic carbocycles. The Kier molecular flexibility index (Phi) is 45.7. The number of hydrogen-bond acceptors (Lipinski definition) is 3. The van der Waals surface area contributed by atoms with Crippen LogP contribution >= 0.6 is 0 Å². The van der Waals surface area contributed by atoms with Crippen LogP contribution in [-0.4, -0.2) is 23.4 Å². The molecule has 0 rings (SSSR count). The second-order valence-electron chi connectivity index (χ2n) is 3.93. The van der Waals surface area contributed by atoms with Crippen molar-refractivity contribution in [1.29, 1.82) is 0 Å². The van der Waals surface area contributed by atoms with Crippen LogP contribution in [0.25, 0.3) is 0 Å². The summed E-state index contributed by atoms with van der Waals surface area (Å²) in [5, 5.41) is 15.8. The molecule has 0 saturated heterocycles. The number of aliphatic hydroxyl groups excluding tert-OH is 2. The lowest BCUT2D eigenvalue weighted by Gasteiger charge is -1.95. The van der Waals surface area contributed by atoms with Crippen LogP contribution in [0.3, 0.4) is 0 Å². The predicted molar refractivity (Wildman–Crippen MR) is 74.1 cm³/mol. The van der Waals surface area contributed by atoms with E-state index < -0.39 is 0 Å². The van der Waals surface area contributed by atoms with Gasteiger partial charge in [0.1, 0.15) is 0 Å². The minimum absolute atomic E-state index is 0. The Balaban J connectivity index is -0.0000000692. The van der Waals surface area contributed by atoms with Gasteiger partial charge in [0.25, 0.3) is 0 Å². The summed E-state index contributed by atoms with van der Waals surface area (Å²) < 4.78 is 0. The van der Waals surface area contributed by atoms with Gasteiger partial charge in [-0.15, -0.1) is 0 Å². The van der Waals surface area contributed by atoms with Gasteiger partial charge in [-0.2, -0.15) is 0 Å². The van der Waals surface area contributed by atoms with Gasteiger partial charge in [0.15, 0.2) is 0 Å². The molecule has 0 aliphatic rings. The number of unbranched alkanes of at least 4 members (excludes halogenated alkanes) is 3. The number of aliphatic hydroxyl groups is 2. The van der Waals surface area contributed by atoms with Crippen molar-refractivity contribution in [3.63, 3.8) is 0 Å². The van der Waals surface area contributed by atoms with E-state index in [1.165, 1.54) is 25.7 Å². The fraction of sp³-hybridized carbons (Fsp3) is 1.00. The largest absolute Gasteiger partial charge is 0.397 e. The highest BCUT2D eigenvalue weighted by molar-refractivity contribution is 4.38. The van der Waals surface area contributed by atoms with Crippen LogP contribution in [0.1, 0.15) is 66.7 Å². The molecule has 0 spiro atoms. The Bertz CT molecular complexity index is 74.3. The van der Waals surface area contributed by atoms with Crippen LogP contribution in [0, 0.1) is 5.92 Å². The van der Waals surface area contributed by atoms with Gasteiger partial charge < -0.3 is 16.4 Å². The topological polar surface area (TPSA) is 75.5 Å². The second kappa shape index (κ2) is 29.4. The van der Waals surface area contributed by atoms with E-state index in [9.17, 15) is 0 Å². The van der Waals surface area contributed by atoms with E-state index in [-0.39, 0.29) is 12.8 Å². The van der Waals surface area contributed by atoms with Crippen molar-refractivity contribution < 1.29 is 10.2 Å². The molecular weight excluding hydrogens is 202 g/mol. The van der Waals surface area contributed by atoms with E-state index in [4.69, 9.17) is 10.2 Å². The van der Waals surface area contributed by atoms with Crippen molar-refractivity contribution in [3.05, 3.63) is 0 Å². The van der Waals surface area contributed by atoms with Crippen LogP contribution in [0.5, 0.6) is 0 Å². The second-order valence-corrected chi connectivity index (χ2v) is 3.93. The summed E-state index contributed by atoms with van der Waals surface area (Å²) in [4.78, 5) is 0. The van der Waals surface area contributed by atoms with E-state index in [0.717, 1.165) is 6.42 Å². The molecule has 0 atom stereocenters. The molecule has 3 nitrogen and oxygen atoms in total. The first-order chi connectivity index (χ1) is 7.10. The minimum Gasteiger partial charge on any atom is -0.397 e. The van der Waals surface area contributed by atoms with Gasteiger partial charge in [0.05, 0.1) is 0 Å². The maximum absolute atomic E-state index is 8.24. The van der Waals surface area contributed by atoms with Crippen molar-refractivity contribution in [3.8, 4) is 0 Å². The Morgan fingerprint density at radius 3 is 1.25 bits per heavy atom. The van der Waals surface area contributed by atoms with Crippen molar-refractivity contribution in [2.24, 2.45) is 5.92 Å². The lowest BCUT2D eigenvalue weighted by atomic mass is 10.2. The average molecular weight is 237 g/mol. The molecule has 0 bridgehead atoms. The van der Waals surface area contributed by atoms with Gasteiger partial charge >= 0.3 is 0 Å². The molecule has 0 amide bonds. The quantitative estimate of drug-likeness (QED) is 0.637. The zero-order valence-electron chi connectivity index (χ0n) is 12.1. The first kappa shape index (κ1) is 24.9. The third kappa shape index (κ3) is 66.6. The molecule has 104 valence electrons. The summed E-state index contributed by atoms with van der Waals surface area (Å²) in [5.41, 5.74) is 0. The molecule has 0 heterocycles. The predicted octanol–water partition coefficient (Wildman–Crippen LogP) is 3.77. The van der Waals surface area contributed by atoms with Gasteiger partial charge in [-0.3, -0.25) is 0 Å². The Morgan fingerprint density at radius 1 is 0.875 bits per heavy atom. The summed E-state index contributed by atoms with van der Waals surface area (Å²) in [6.07, 6.45) is 6.47. The molecule has 16 heavy (non-hydrogen) atoms. The van der Waals surface area contributed by atoms with Gasteiger partial charge in [0.2, 0.25) is 0 Å². The molecule has 3 heteroatoms. The van der Waals surface area contributed by atoms with Crippen molar-refractivity contribution in [2.45, 2.75) is 66.7 Å². The summed E-state index contributed by atoms with van der Waals surface area (Å²) in [5.74, 6) is 0.648. The standard InChI is InChI=1S/C6H14.C5H12O.C2H6O.H3N/c1-3-5-6-4-2;1-5(2)3-4-6;1-2-3;/h3-6H2,1-2H3;5-6H,3-4H2,1-2H3;3H,2H2,1H3;1H3. The molecule has 0 radical (unpaired) electrons. The summed E-state index contributed by atoms with van der Waals surface area (Å²) in [6.45, 7) is 10.9. The fourth-order valence-electron chi connectivity index (χ4n) is 0.758. The smallest absolute Gasteiger partial charge is 0.0433 e. The van der Waals surface area contributed by atoms with Crippen molar-refractivity contribution in [2.75, 3.05) is 13.2 Å². The summed E-state index contributed by atoms with van der Waals surface area (Å²) in [7, 11) is 0. The monoisotopic (exact) mass is 237 g/mol. The van der Waals surface area contributed by atoms with Gasteiger partial charge in [-0.25, -0.2) is 0 Å². The average Bonchev–Trinajstić information content (AvgIpc) is 2.16. The fourth-order valence-corrected chi connectivity index (χ4v) is 0.758. The van der Waals surface area contributed by atoms with Gasteiger partial charge in [-0.1, -0.05) is 53.4 Å². The van der Waals surface area contributed by atoms with Crippen molar-refractivity contribution >= 4 is 0 Å². The third-order valence-electron chi connectivity index (χ3n) is 1.66. The minimum atomic E-state index is 0. The van der Waals surface area contributed by atoms with Crippen LogP contribution in [0.15, 0.2) is 0 Å². The maximum Gasteiger partial charge on any atom is 0.0433 e. The van der Waals surface area contributed by atoms with E-state index in [0.29, 0.717) is 12.5 Å². The Labute approximate surface area is 103 Å². The van der Waals surface area contributed by atoms with Crippen molar-refractivity contribution in [1.82, 2.24) is 6.15 Å². The number of rotatable bonds is 5. The molecule has 0 aliphatic heterocycles. The highest BCUT2D eigenvalue weighted by atomic mass is 16.3. The highest BCUT2D eigenvalue weighted by Gasteiger charge is 1.86. The van der Waals surface area contributed by atoms with Crippen LogP contribution in [0.2, 0.25) is 0 Å². The summed E-state index contributed by atoms with van der Waals surface area (Å²) in [6, 6.07) is 0. The zero-order valence-corrected chi connectivity index (χ0v) is 12.1. The lowest BCUT2D eigenvalue weighted by molar-refractivity contribution is 0.268. The van der Waals surface area contributed by atoms with E-state index in [1.807, 2.05) is 0 Å². The lowest BCUT2D eigenvalue weighted by Crippen LogP contribution is -1.89. The third-order valence-corrected chi connectivity index (χ3v) is 1.66. The van der Waals surface area contributed by atoms with Crippen LogP contribution in [-0.2, 0) is 0 Å². The molecule has 5 N–H and O–H groups in total. The highest BCUT2D eigenvalue weighted by Crippen LogP contribution is 1.95. The van der Waals surface area contributed by atoms with Gasteiger partial charge in [0, 0.05) is 13.2 Å². The van der Waals surface area contributed by atoms with E-state index >= 15 is 0 Å². The molecule has 0 unspecified atom stereocenters.